The third-order valence-electron chi connectivity index (χ3n) is 3.87. The first kappa shape index (κ1) is 19.8. The van der Waals surface area contributed by atoms with Gasteiger partial charge in [-0.1, -0.05) is 41.5 Å². The van der Waals surface area contributed by atoms with Gasteiger partial charge in [-0.2, -0.15) is 0 Å². The Bertz CT molecular complexity index is 676. The van der Waals surface area contributed by atoms with E-state index >= 15 is 0 Å². The molecule has 2 heteroatoms. The van der Waals surface area contributed by atoms with Gasteiger partial charge in [0.1, 0.15) is 11.5 Å². The fourth-order valence-electron chi connectivity index (χ4n) is 3.13. The maximum atomic E-state index is 5.34. The van der Waals surface area contributed by atoms with Crippen LogP contribution in [0.3, 0.4) is 0 Å². The predicted octanol–water partition coefficient (Wildman–Crippen LogP) is 5.66. The molecule has 0 saturated carbocycles. The number of methoxy groups -OCH3 is 2. The van der Waals surface area contributed by atoms with E-state index in [0.717, 1.165) is 17.9 Å². The van der Waals surface area contributed by atoms with Gasteiger partial charge < -0.3 is 9.47 Å². The van der Waals surface area contributed by atoms with Gasteiger partial charge in [0, 0.05) is 0 Å². The molecule has 0 aliphatic carbocycles. The standard InChI is InChI=1S/C12H16O.C10H14O/c1-5-6-11-8-9(2)7-10(3)12(11)13-4;1-7-5-8(2)10(11-4)9(3)6-7/h5,7-8H,1,6H2,2-4H3;5-6H,1-4H3. The maximum absolute atomic E-state index is 5.34. The molecule has 0 aliphatic heterocycles. The van der Waals surface area contributed by atoms with E-state index in [1.165, 1.54) is 33.4 Å². The van der Waals surface area contributed by atoms with Crippen LogP contribution in [0.2, 0.25) is 0 Å². The zero-order valence-corrected chi connectivity index (χ0v) is 16.1. The maximum Gasteiger partial charge on any atom is 0.125 e. The molecule has 0 heterocycles. The summed E-state index contributed by atoms with van der Waals surface area (Å²) >= 11 is 0. The molecule has 0 radical (unpaired) electrons. The minimum absolute atomic E-state index is 0.867. The van der Waals surface area contributed by atoms with Crippen molar-refractivity contribution in [3.05, 3.63) is 70.3 Å². The molecule has 2 rings (SSSR count). The summed E-state index contributed by atoms with van der Waals surface area (Å²) < 4.78 is 10.6. The molecule has 0 N–H and O–H groups in total. The lowest BCUT2D eigenvalue weighted by Crippen LogP contribution is -1.94. The lowest BCUT2D eigenvalue weighted by molar-refractivity contribution is 0.407. The Morgan fingerprint density at radius 3 is 1.58 bits per heavy atom. The molecule has 0 saturated heterocycles. The molecule has 2 aromatic rings. The highest BCUT2D eigenvalue weighted by molar-refractivity contribution is 5.44. The van der Waals surface area contributed by atoms with Gasteiger partial charge >= 0.3 is 0 Å². The summed E-state index contributed by atoms with van der Waals surface area (Å²) in [4.78, 5) is 0. The smallest absolute Gasteiger partial charge is 0.125 e. The van der Waals surface area contributed by atoms with Crippen molar-refractivity contribution >= 4 is 0 Å². The minimum atomic E-state index is 0.867. The van der Waals surface area contributed by atoms with Crippen molar-refractivity contribution in [2.45, 2.75) is 41.0 Å². The van der Waals surface area contributed by atoms with Gasteiger partial charge in [-0.3, -0.25) is 0 Å². The molecule has 0 amide bonds. The van der Waals surface area contributed by atoms with Gasteiger partial charge in [-0.05, 0) is 63.3 Å². The Hall–Kier alpha value is -2.22. The Morgan fingerprint density at radius 2 is 1.17 bits per heavy atom. The van der Waals surface area contributed by atoms with E-state index in [2.05, 4.69) is 65.5 Å². The Kier molecular flexibility index (Phi) is 7.57. The van der Waals surface area contributed by atoms with E-state index in [4.69, 9.17) is 9.47 Å². The molecule has 0 bridgehead atoms. The average molecular weight is 326 g/mol. The van der Waals surface area contributed by atoms with Gasteiger partial charge in [-0.25, -0.2) is 0 Å². The zero-order chi connectivity index (χ0) is 18.3. The summed E-state index contributed by atoms with van der Waals surface area (Å²) in [5, 5.41) is 0. The molecule has 0 spiro atoms. The number of rotatable bonds is 4. The number of benzene rings is 2. The van der Waals surface area contributed by atoms with E-state index in [9.17, 15) is 0 Å². The summed E-state index contributed by atoms with van der Waals surface area (Å²) in [6.07, 6.45) is 2.77. The van der Waals surface area contributed by atoms with E-state index in [1.807, 2.05) is 6.08 Å². The first-order chi connectivity index (χ1) is 11.3. The second kappa shape index (κ2) is 9.17. The van der Waals surface area contributed by atoms with Crippen LogP contribution in [0.5, 0.6) is 11.5 Å². The van der Waals surface area contributed by atoms with E-state index in [1.54, 1.807) is 14.2 Å². The Balaban J connectivity index is 0.000000243. The number of ether oxygens (including phenoxy) is 2. The topological polar surface area (TPSA) is 18.5 Å². The molecular formula is C22H30O2. The van der Waals surface area contributed by atoms with Gasteiger partial charge in [0.15, 0.2) is 0 Å². The van der Waals surface area contributed by atoms with Crippen LogP contribution in [0.4, 0.5) is 0 Å². The minimum Gasteiger partial charge on any atom is -0.496 e. The van der Waals surface area contributed by atoms with Crippen LogP contribution in [0.25, 0.3) is 0 Å². The molecule has 0 unspecified atom stereocenters. The van der Waals surface area contributed by atoms with E-state index in [-0.39, 0.29) is 0 Å². The highest BCUT2D eigenvalue weighted by atomic mass is 16.5. The molecule has 0 aromatic heterocycles. The lowest BCUT2D eigenvalue weighted by Gasteiger charge is -2.11. The van der Waals surface area contributed by atoms with Gasteiger partial charge in [0.25, 0.3) is 0 Å². The largest absolute Gasteiger partial charge is 0.496 e. The van der Waals surface area contributed by atoms with Crippen LogP contribution < -0.4 is 9.47 Å². The van der Waals surface area contributed by atoms with Gasteiger partial charge in [-0.15, -0.1) is 6.58 Å². The Labute approximate surface area is 147 Å². The molecule has 130 valence electrons. The molecule has 0 fully saturated rings. The summed E-state index contributed by atoms with van der Waals surface area (Å²) in [5.41, 5.74) is 7.40. The summed E-state index contributed by atoms with van der Waals surface area (Å²) in [5.74, 6) is 2.00. The van der Waals surface area contributed by atoms with Crippen molar-refractivity contribution in [2.24, 2.45) is 0 Å². The van der Waals surface area contributed by atoms with Gasteiger partial charge in [0.05, 0.1) is 14.2 Å². The second-order valence-corrected chi connectivity index (χ2v) is 6.20. The zero-order valence-electron chi connectivity index (χ0n) is 16.1. The van der Waals surface area contributed by atoms with Crippen LogP contribution in [-0.2, 0) is 6.42 Å². The van der Waals surface area contributed by atoms with Crippen LogP contribution in [0.15, 0.2) is 36.9 Å². The number of allylic oxidation sites excluding steroid dienone is 1. The molecule has 24 heavy (non-hydrogen) atoms. The third kappa shape index (κ3) is 5.16. The van der Waals surface area contributed by atoms with Crippen LogP contribution in [0, 0.1) is 34.6 Å². The third-order valence-corrected chi connectivity index (χ3v) is 3.87. The Morgan fingerprint density at radius 1 is 0.750 bits per heavy atom. The molecule has 0 aliphatic rings. The van der Waals surface area contributed by atoms with Crippen molar-refractivity contribution < 1.29 is 9.47 Å². The highest BCUT2D eigenvalue weighted by Gasteiger charge is 2.05. The second-order valence-electron chi connectivity index (χ2n) is 6.20. The molecule has 0 atom stereocenters. The number of aryl methyl sites for hydroxylation is 5. The first-order valence-corrected chi connectivity index (χ1v) is 8.20. The number of hydrogen-bond acceptors (Lipinski definition) is 2. The molecule has 2 aromatic carbocycles. The molecule has 2 nitrogen and oxygen atoms in total. The highest BCUT2D eigenvalue weighted by Crippen LogP contribution is 2.25. The van der Waals surface area contributed by atoms with Crippen molar-refractivity contribution in [3.8, 4) is 11.5 Å². The monoisotopic (exact) mass is 326 g/mol. The van der Waals surface area contributed by atoms with Crippen LogP contribution in [-0.4, -0.2) is 14.2 Å². The molecular weight excluding hydrogens is 296 g/mol. The van der Waals surface area contributed by atoms with E-state index < -0.39 is 0 Å². The summed E-state index contributed by atoms with van der Waals surface area (Å²) in [7, 11) is 3.43. The van der Waals surface area contributed by atoms with Gasteiger partial charge in [0.2, 0.25) is 0 Å². The van der Waals surface area contributed by atoms with Crippen LogP contribution in [0.1, 0.15) is 33.4 Å². The first-order valence-electron chi connectivity index (χ1n) is 8.20. The fraction of sp³-hybridized carbons (Fsp3) is 0.364. The van der Waals surface area contributed by atoms with Crippen molar-refractivity contribution in [3.63, 3.8) is 0 Å². The normalized spacial score (nSPS) is 9.79. The summed E-state index contributed by atoms with van der Waals surface area (Å²) in [6, 6.07) is 8.54. The summed E-state index contributed by atoms with van der Waals surface area (Å²) in [6.45, 7) is 14.1. The van der Waals surface area contributed by atoms with Crippen molar-refractivity contribution in [2.75, 3.05) is 14.2 Å². The van der Waals surface area contributed by atoms with Crippen LogP contribution >= 0.6 is 0 Å². The van der Waals surface area contributed by atoms with Crippen molar-refractivity contribution in [1.82, 2.24) is 0 Å². The predicted molar refractivity (Wildman–Crippen MR) is 104 cm³/mol. The lowest BCUT2D eigenvalue weighted by atomic mass is 10.0. The van der Waals surface area contributed by atoms with E-state index in [0.29, 0.717) is 0 Å². The van der Waals surface area contributed by atoms with Crippen molar-refractivity contribution in [1.29, 1.82) is 0 Å². The quantitative estimate of drug-likeness (QED) is 0.675. The SMILES string of the molecule is C=CCc1cc(C)cc(C)c1OC.COc1c(C)cc(C)cc1C. The average Bonchev–Trinajstić information content (AvgIpc) is 2.47. The number of hydrogen-bond donors (Lipinski definition) is 0. The fourth-order valence-corrected chi connectivity index (χ4v) is 3.13.